The van der Waals surface area contributed by atoms with E-state index in [0.29, 0.717) is 6.61 Å². The molecule has 0 aliphatic heterocycles. The smallest absolute Gasteiger partial charge is 0.138 e. The lowest BCUT2D eigenvalue weighted by molar-refractivity contribution is -0.126. The van der Waals surface area contributed by atoms with Crippen LogP contribution in [0.25, 0.3) is 0 Å². The van der Waals surface area contributed by atoms with Gasteiger partial charge in [-0.15, -0.1) is 0 Å². The van der Waals surface area contributed by atoms with E-state index in [4.69, 9.17) is 4.74 Å². The van der Waals surface area contributed by atoms with E-state index >= 15 is 0 Å². The highest BCUT2D eigenvalue weighted by Gasteiger charge is 2.24. The van der Waals surface area contributed by atoms with Crippen molar-refractivity contribution in [3.63, 3.8) is 0 Å². The average Bonchev–Trinajstić information content (AvgIpc) is 2.17. The highest BCUT2D eigenvalue weighted by molar-refractivity contribution is 9.10. The Labute approximate surface area is 98.8 Å². The van der Waals surface area contributed by atoms with Crippen molar-refractivity contribution in [3.05, 3.63) is 28.7 Å². The molecule has 15 heavy (non-hydrogen) atoms. The highest BCUT2D eigenvalue weighted by atomic mass is 79.9. The maximum atomic E-state index is 11.3. The van der Waals surface area contributed by atoms with Gasteiger partial charge in [-0.1, -0.05) is 15.9 Å². The van der Waals surface area contributed by atoms with E-state index < -0.39 is 5.41 Å². The molecule has 0 saturated carbocycles. The predicted molar refractivity (Wildman–Crippen MR) is 64.1 cm³/mol. The number of carbonyl (C=O) groups is 1. The molecule has 1 aromatic rings. The number of Topliss-reactive ketones (excluding diaryl/α,β-unsaturated/α-hetero) is 1. The average molecular weight is 271 g/mol. The summed E-state index contributed by atoms with van der Waals surface area (Å²) in [6.07, 6.45) is 0. The Morgan fingerprint density at radius 2 is 1.87 bits per heavy atom. The molecule has 0 heterocycles. The van der Waals surface area contributed by atoms with Gasteiger partial charge in [0.05, 0.1) is 5.41 Å². The topological polar surface area (TPSA) is 26.3 Å². The molecule has 0 unspecified atom stereocenters. The first kappa shape index (κ1) is 12.2. The number of ether oxygens (including phenoxy) is 1. The molecule has 0 atom stereocenters. The van der Waals surface area contributed by atoms with Crippen LogP contribution in [-0.2, 0) is 4.79 Å². The Hall–Kier alpha value is -0.830. The van der Waals surface area contributed by atoms with Gasteiger partial charge in [0, 0.05) is 4.47 Å². The van der Waals surface area contributed by atoms with Crippen LogP contribution < -0.4 is 4.74 Å². The summed E-state index contributed by atoms with van der Waals surface area (Å²) in [7, 11) is 0. The van der Waals surface area contributed by atoms with Crippen LogP contribution in [0.2, 0.25) is 0 Å². The molecule has 0 N–H and O–H groups in total. The van der Waals surface area contributed by atoms with Crippen molar-refractivity contribution < 1.29 is 9.53 Å². The van der Waals surface area contributed by atoms with Gasteiger partial charge in [0.15, 0.2) is 0 Å². The van der Waals surface area contributed by atoms with E-state index in [2.05, 4.69) is 15.9 Å². The minimum absolute atomic E-state index is 0.139. The molecule has 0 aromatic heterocycles. The minimum atomic E-state index is -0.424. The monoisotopic (exact) mass is 270 g/mol. The lowest BCUT2D eigenvalue weighted by atomic mass is 9.90. The third kappa shape index (κ3) is 3.67. The number of carbonyl (C=O) groups excluding carboxylic acids is 1. The normalized spacial score (nSPS) is 11.2. The van der Waals surface area contributed by atoms with E-state index in [0.717, 1.165) is 10.2 Å². The Balaban J connectivity index is 2.57. The van der Waals surface area contributed by atoms with E-state index in [1.165, 1.54) is 0 Å². The van der Waals surface area contributed by atoms with Gasteiger partial charge in [-0.25, -0.2) is 0 Å². The van der Waals surface area contributed by atoms with Gasteiger partial charge in [0.25, 0.3) is 0 Å². The standard InChI is InChI=1S/C12H15BrO2/c1-9(14)12(2,3)8-15-11-6-4-10(13)5-7-11/h4-7H,8H2,1-3H3. The van der Waals surface area contributed by atoms with Crippen LogP contribution in [0.3, 0.4) is 0 Å². The zero-order valence-electron chi connectivity index (χ0n) is 9.21. The van der Waals surface area contributed by atoms with Gasteiger partial charge in [0.2, 0.25) is 0 Å². The highest BCUT2D eigenvalue weighted by Crippen LogP contribution is 2.21. The van der Waals surface area contributed by atoms with E-state index in [1.54, 1.807) is 6.92 Å². The number of halogens is 1. The molecule has 0 amide bonds. The quantitative estimate of drug-likeness (QED) is 0.838. The summed E-state index contributed by atoms with van der Waals surface area (Å²) in [5.74, 6) is 0.923. The fourth-order valence-corrected chi connectivity index (χ4v) is 1.16. The van der Waals surface area contributed by atoms with Crippen LogP contribution in [-0.4, -0.2) is 12.4 Å². The van der Waals surface area contributed by atoms with Gasteiger partial charge < -0.3 is 4.74 Å². The maximum absolute atomic E-state index is 11.3. The molecular weight excluding hydrogens is 256 g/mol. The molecule has 1 rings (SSSR count). The van der Waals surface area contributed by atoms with Crippen molar-refractivity contribution in [1.29, 1.82) is 0 Å². The third-order valence-corrected chi connectivity index (χ3v) is 2.90. The van der Waals surface area contributed by atoms with Gasteiger partial charge in [-0.05, 0) is 45.0 Å². The SMILES string of the molecule is CC(=O)C(C)(C)COc1ccc(Br)cc1. The molecule has 0 spiro atoms. The van der Waals surface area contributed by atoms with Crippen molar-refractivity contribution >= 4 is 21.7 Å². The molecule has 3 heteroatoms. The molecule has 0 aliphatic carbocycles. The summed E-state index contributed by atoms with van der Waals surface area (Å²) in [4.78, 5) is 11.3. The van der Waals surface area contributed by atoms with Crippen molar-refractivity contribution in [2.24, 2.45) is 5.41 Å². The van der Waals surface area contributed by atoms with E-state index in [-0.39, 0.29) is 5.78 Å². The molecule has 0 radical (unpaired) electrons. The molecular formula is C12H15BrO2. The molecule has 0 aliphatic rings. The molecule has 82 valence electrons. The van der Waals surface area contributed by atoms with Gasteiger partial charge in [-0.2, -0.15) is 0 Å². The maximum Gasteiger partial charge on any atom is 0.138 e. The minimum Gasteiger partial charge on any atom is -0.493 e. The van der Waals surface area contributed by atoms with Gasteiger partial charge in [0.1, 0.15) is 18.1 Å². The third-order valence-electron chi connectivity index (χ3n) is 2.37. The van der Waals surface area contributed by atoms with E-state index in [9.17, 15) is 4.79 Å². The summed E-state index contributed by atoms with van der Waals surface area (Å²) in [6.45, 7) is 5.76. The van der Waals surface area contributed by atoms with Crippen molar-refractivity contribution in [2.45, 2.75) is 20.8 Å². The Morgan fingerprint density at radius 1 is 1.33 bits per heavy atom. The van der Waals surface area contributed by atoms with Crippen LogP contribution in [0, 0.1) is 5.41 Å². The predicted octanol–water partition coefficient (Wildman–Crippen LogP) is 3.44. The number of hydrogen-bond acceptors (Lipinski definition) is 2. The molecule has 2 nitrogen and oxygen atoms in total. The van der Waals surface area contributed by atoms with Gasteiger partial charge >= 0.3 is 0 Å². The van der Waals surface area contributed by atoms with Crippen LogP contribution >= 0.6 is 15.9 Å². The van der Waals surface area contributed by atoms with E-state index in [1.807, 2.05) is 38.1 Å². The number of rotatable bonds is 4. The number of benzene rings is 1. The summed E-state index contributed by atoms with van der Waals surface area (Å²) in [5, 5.41) is 0. The summed E-state index contributed by atoms with van der Waals surface area (Å²) in [5.41, 5.74) is -0.424. The van der Waals surface area contributed by atoms with Crippen molar-refractivity contribution in [2.75, 3.05) is 6.61 Å². The molecule has 1 aromatic carbocycles. The lowest BCUT2D eigenvalue weighted by Gasteiger charge is -2.21. The summed E-state index contributed by atoms with van der Waals surface area (Å²) >= 11 is 3.35. The van der Waals surface area contributed by atoms with Crippen molar-refractivity contribution in [1.82, 2.24) is 0 Å². The zero-order chi connectivity index (χ0) is 11.5. The summed E-state index contributed by atoms with van der Waals surface area (Å²) < 4.78 is 6.56. The van der Waals surface area contributed by atoms with Crippen molar-refractivity contribution in [3.8, 4) is 5.75 Å². The first-order valence-electron chi connectivity index (χ1n) is 4.81. The second kappa shape index (κ2) is 4.79. The Kier molecular flexibility index (Phi) is 3.91. The molecule has 0 saturated heterocycles. The zero-order valence-corrected chi connectivity index (χ0v) is 10.8. The fraction of sp³-hybridized carbons (Fsp3) is 0.417. The lowest BCUT2D eigenvalue weighted by Crippen LogP contribution is -2.28. The van der Waals surface area contributed by atoms with Crippen LogP contribution in [0.1, 0.15) is 20.8 Å². The fourth-order valence-electron chi connectivity index (χ4n) is 0.896. The van der Waals surface area contributed by atoms with Crippen LogP contribution in [0.5, 0.6) is 5.75 Å². The molecule has 0 fully saturated rings. The molecule has 0 bridgehead atoms. The Bertz CT molecular complexity index is 341. The largest absolute Gasteiger partial charge is 0.493 e. The Morgan fingerprint density at radius 3 is 2.33 bits per heavy atom. The first-order valence-corrected chi connectivity index (χ1v) is 5.60. The summed E-state index contributed by atoms with van der Waals surface area (Å²) in [6, 6.07) is 7.58. The van der Waals surface area contributed by atoms with Crippen LogP contribution in [0.4, 0.5) is 0 Å². The van der Waals surface area contributed by atoms with Gasteiger partial charge in [-0.3, -0.25) is 4.79 Å². The second-order valence-electron chi connectivity index (χ2n) is 4.18. The van der Waals surface area contributed by atoms with Crippen LogP contribution in [0.15, 0.2) is 28.7 Å². The first-order chi connectivity index (χ1) is 6.92. The second-order valence-corrected chi connectivity index (χ2v) is 5.10. The number of hydrogen-bond donors (Lipinski definition) is 0. The number of ketones is 1.